The number of hydrogen-bond donors (Lipinski definition) is 0. The maximum absolute atomic E-state index is 4.82. The van der Waals surface area contributed by atoms with Crippen LogP contribution >= 0.6 is 0 Å². The van der Waals surface area contributed by atoms with Crippen LogP contribution in [0.25, 0.3) is 44.2 Å². The van der Waals surface area contributed by atoms with E-state index >= 15 is 0 Å². The molecule has 1 heterocycles. The van der Waals surface area contributed by atoms with Crippen molar-refractivity contribution >= 4 is 21.7 Å². The highest BCUT2D eigenvalue weighted by Crippen LogP contribution is 2.27. The van der Waals surface area contributed by atoms with Crippen LogP contribution in [0.4, 0.5) is 0 Å². The van der Waals surface area contributed by atoms with Crippen LogP contribution in [0.2, 0.25) is 0 Å². The molecule has 0 spiro atoms. The summed E-state index contributed by atoms with van der Waals surface area (Å²) >= 11 is 0. The lowest BCUT2D eigenvalue weighted by Crippen LogP contribution is -1.91. The third-order valence-corrected chi connectivity index (χ3v) is 4.72. The van der Waals surface area contributed by atoms with Crippen molar-refractivity contribution in [3.05, 3.63) is 97.2 Å². The molecule has 2 nitrogen and oxygen atoms in total. The van der Waals surface area contributed by atoms with Gasteiger partial charge in [0.2, 0.25) is 0 Å². The van der Waals surface area contributed by atoms with Crippen LogP contribution in [0.1, 0.15) is 0 Å². The van der Waals surface area contributed by atoms with E-state index in [0.717, 1.165) is 22.3 Å². The molecule has 0 N–H and O–H groups in total. The van der Waals surface area contributed by atoms with Gasteiger partial charge >= 0.3 is 0 Å². The van der Waals surface area contributed by atoms with Gasteiger partial charge in [-0.2, -0.15) is 0 Å². The van der Waals surface area contributed by atoms with Crippen molar-refractivity contribution in [3.63, 3.8) is 0 Å². The fourth-order valence-corrected chi connectivity index (χ4v) is 3.39. The molecule has 0 radical (unpaired) electrons. The quantitative estimate of drug-likeness (QED) is 0.364. The standard InChI is InChI=1S/C24H16N2/c1-2-7-17(8-3-1)19-10-6-11-20(15-19)24-25-16-22-21-12-5-4-9-18(21)13-14-23(22)26-24/h1-16H. The maximum atomic E-state index is 4.82. The first-order valence-electron chi connectivity index (χ1n) is 8.69. The summed E-state index contributed by atoms with van der Waals surface area (Å²) in [4.78, 5) is 9.47. The lowest BCUT2D eigenvalue weighted by molar-refractivity contribution is 1.23. The Morgan fingerprint density at radius 1 is 0.538 bits per heavy atom. The number of aromatic nitrogens is 2. The van der Waals surface area contributed by atoms with Gasteiger partial charge in [-0.15, -0.1) is 0 Å². The fraction of sp³-hybridized carbons (Fsp3) is 0. The molecule has 5 rings (SSSR count). The minimum Gasteiger partial charge on any atom is -0.236 e. The van der Waals surface area contributed by atoms with Crippen molar-refractivity contribution in [2.45, 2.75) is 0 Å². The summed E-state index contributed by atoms with van der Waals surface area (Å²) in [5, 5.41) is 3.49. The normalized spacial score (nSPS) is 11.1. The van der Waals surface area contributed by atoms with E-state index < -0.39 is 0 Å². The van der Waals surface area contributed by atoms with Gasteiger partial charge in [0, 0.05) is 17.1 Å². The Labute approximate surface area is 151 Å². The molecule has 2 heteroatoms. The van der Waals surface area contributed by atoms with Gasteiger partial charge in [-0.05, 0) is 34.0 Å². The second kappa shape index (κ2) is 6.08. The minimum atomic E-state index is 0.755. The van der Waals surface area contributed by atoms with E-state index in [0.29, 0.717) is 0 Å². The third kappa shape index (κ3) is 2.52. The van der Waals surface area contributed by atoms with E-state index in [9.17, 15) is 0 Å². The van der Waals surface area contributed by atoms with Gasteiger partial charge in [0.1, 0.15) is 0 Å². The van der Waals surface area contributed by atoms with Crippen LogP contribution in [-0.4, -0.2) is 9.97 Å². The molecule has 0 saturated carbocycles. The molecular weight excluding hydrogens is 316 g/mol. The van der Waals surface area contributed by atoms with Gasteiger partial charge in [0.25, 0.3) is 0 Å². The van der Waals surface area contributed by atoms with E-state index in [1.807, 2.05) is 12.3 Å². The summed E-state index contributed by atoms with van der Waals surface area (Å²) < 4.78 is 0. The van der Waals surface area contributed by atoms with Crippen LogP contribution in [0, 0.1) is 0 Å². The molecule has 0 bridgehead atoms. The van der Waals surface area contributed by atoms with Crippen LogP contribution in [0.3, 0.4) is 0 Å². The monoisotopic (exact) mass is 332 g/mol. The topological polar surface area (TPSA) is 25.8 Å². The highest BCUT2D eigenvalue weighted by atomic mass is 14.9. The molecule has 5 aromatic rings. The van der Waals surface area contributed by atoms with Gasteiger partial charge in [0.15, 0.2) is 5.82 Å². The molecule has 26 heavy (non-hydrogen) atoms. The molecule has 4 aromatic carbocycles. The number of rotatable bonds is 2. The Kier molecular flexibility index (Phi) is 3.46. The largest absolute Gasteiger partial charge is 0.236 e. The van der Waals surface area contributed by atoms with Crippen LogP contribution in [-0.2, 0) is 0 Å². The highest BCUT2D eigenvalue weighted by Gasteiger charge is 2.07. The van der Waals surface area contributed by atoms with Gasteiger partial charge in [-0.1, -0.05) is 78.9 Å². The van der Waals surface area contributed by atoms with E-state index in [-0.39, 0.29) is 0 Å². The number of hydrogen-bond acceptors (Lipinski definition) is 2. The predicted octanol–water partition coefficient (Wildman–Crippen LogP) is 6.12. The molecule has 0 fully saturated rings. The van der Waals surface area contributed by atoms with Crippen molar-refractivity contribution in [2.24, 2.45) is 0 Å². The summed E-state index contributed by atoms with van der Waals surface area (Å²) in [5.41, 5.74) is 4.37. The van der Waals surface area contributed by atoms with E-state index in [2.05, 4.69) is 89.9 Å². The summed E-state index contributed by atoms with van der Waals surface area (Å²) in [5.74, 6) is 0.755. The molecule has 0 aliphatic rings. The Morgan fingerprint density at radius 3 is 2.23 bits per heavy atom. The van der Waals surface area contributed by atoms with Crippen molar-refractivity contribution in [3.8, 4) is 22.5 Å². The lowest BCUT2D eigenvalue weighted by atomic mass is 10.0. The van der Waals surface area contributed by atoms with Crippen molar-refractivity contribution in [1.29, 1.82) is 0 Å². The molecule has 0 unspecified atom stereocenters. The maximum Gasteiger partial charge on any atom is 0.159 e. The second-order valence-corrected chi connectivity index (χ2v) is 6.36. The Balaban J connectivity index is 1.64. The number of benzene rings is 4. The SMILES string of the molecule is c1ccc(-c2cccc(-c3ncc4c(ccc5ccccc54)n3)c2)cc1. The zero-order valence-electron chi connectivity index (χ0n) is 14.1. The molecule has 122 valence electrons. The highest BCUT2D eigenvalue weighted by molar-refractivity contribution is 6.05. The van der Waals surface area contributed by atoms with Gasteiger partial charge in [-0.3, -0.25) is 0 Å². The van der Waals surface area contributed by atoms with Crippen LogP contribution < -0.4 is 0 Å². The molecular formula is C24H16N2. The van der Waals surface area contributed by atoms with Crippen molar-refractivity contribution in [2.75, 3.05) is 0 Å². The summed E-state index contributed by atoms with van der Waals surface area (Å²) in [6.45, 7) is 0. The van der Waals surface area contributed by atoms with E-state index in [4.69, 9.17) is 4.98 Å². The molecule has 0 aliphatic heterocycles. The van der Waals surface area contributed by atoms with E-state index in [1.165, 1.54) is 21.9 Å². The smallest absolute Gasteiger partial charge is 0.159 e. The Morgan fingerprint density at radius 2 is 1.31 bits per heavy atom. The summed E-state index contributed by atoms with van der Waals surface area (Å²) in [7, 11) is 0. The minimum absolute atomic E-state index is 0.755. The summed E-state index contributed by atoms with van der Waals surface area (Å²) in [6.07, 6.45) is 1.94. The van der Waals surface area contributed by atoms with Crippen LogP contribution in [0.15, 0.2) is 97.2 Å². The number of fused-ring (bicyclic) bond motifs is 3. The van der Waals surface area contributed by atoms with Gasteiger partial charge in [0.05, 0.1) is 5.52 Å². The molecule has 0 amide bonds. The predicted molar refractivity (Wildman–Crippen MR) is 108 cm³/mol. The third-order valence-electron chi connectivity index (χ3n) is 4.72. The first-order chi connectivity index (χ1) is 12.9. The summed E-state index contributed by atoms with van der Waals surface area (Å²) in [6, 6.07) is 31.3. The Bertz CT molecular complexity index is 1230. The van der Waals surface area contributed by atoms with Crippen molar-refractivity contribution in [1.82, 2.24) is 9.97 Å². The molecule has 0 saturated heterocycles. The van der Waals surface area contributed by atoms with Gasteiger partial charge in [-0.25, -0.2) is 9.97 Å². The van der Waals surface area contributed by atoms with Gasteiger partial charge < -0.3 is 0 Å². The Hall–Kier alpha value is -3.52. The van der Waals surface area contributed by atoms with E-state index in [1.54, 1.807) is 0 Å². The number of nitrogens with zero attached hydrogens (tertiary/aromatic N) is 2. The fourth-order valence-electron chi connectivity index (χ4n) is 3.39. The zero-order chi connectivity index (χ0) is 17.3. The lowest BCUT2D eigenvalue weighted by Gasteiger charge is -2.07. The first-order valence-corrected chi connectivity index (χ1v) is 8.69. The van der Waals surface area contributed by atoms with Crippen molar-refractivity contribution < 1.29 is 0 Å². The molecule has 0 atom stereocenters. The average Bonchev–Trinajstić information content (AvgIpc) is 2.74. The molecule has 0 aliphatic carbocycles. The zero-order valence-corrected chi connectivity index (χ0v) is 14.1. The first kappa shape index (κ1) is 14.8. The molecule has 1 aromatic heterocycles. The second-order valence-electron chi connectivity index (χ2n) is 6.36. The van der Waals surface area contributed by atoms with Crippen LogP contribution in [0.5, 0.6) is 0 Å². The average molecular weight is 332 g/mol.